The summed E-state index contributed by atoms with van der Waals surface area (Å²) < 4.78 is 4.90. The first kappa shape index (κ1) is 12.9. The lowest BCUT2D eigenvalue weighted by atomic mass is 9.92. The van der Waals surface area contributed by atoms with Crippen molar-refractivity contribution in [1.82, 2.24) is 0 Å². The zero-order chi connectivity index (χ0) is 11.2. The quantitative estimate of drug-likeness (QED) is 0.292. The molecular formula is C9H18N2O3. The Kier molecular flexibility index (Phi) is 5.15. The van der Waals surface area contributed by atoms with E-state index in [-0.39, 0.29) is 4.92 Å². The van der Waals surface area contributed by atoms with Gasteiger partial charge in [0.25, 0.3) is 0 Å². The lowest BCUT2D eigenvalue weighted by Gasteiger charge is -2.22. The number of hydrogen-bond donors (Lipinski definition) is 1. The van der Waals surface area contributed by atoms with Gasteiger partial charge in [0.15, 0.2) is 0 Å². The summed E-state index contributed by atoms with van der Waals surface area (Å²) in [5.41, 5.74) is 4.64. The SMILES string of the molecule is C=COCCCC(N)C(C)(C)[N+](=O)[O-]. The maximum atomic E-state index is 10.6. The fourth-order valence-corrected chi connectivity index (χ4v) is 0.959. The van der Waals surface area contributed by atoms with Crippen LogP contribution in [0.15, 0.2) is 12.8 Å². The van der Waals surface area contributed by atoms with Gasteiger partial charge in [-0.25, -0.2) is 0 Å². The molecule has 5 nitrogen and oxygen atoms in total. The van der Waals surface area contributed by atoms with E-state index in [2.05, 4.69) is 6.58 Å². The van der Waals surface area contributed by atoms with E-state index >= 15 is 0 Å². The van der Waals surface area contributed by atoms with Crippen LogP contribution < -0.4 is 5.73 Å². The Balaban J connectivity index is 3.88. The van der Waals surface area contributed by atoms with Gasteiger partial charge in [-0.3, -0.25) is 10.1 Å². The van der Waals surface area contributed by atoms with Crippen molar-refractivity contribution in [2.75, 3.05) is 6.61 Å². The van der Waals surface area contributed by atoms with Crippen molar-refractivity contribution in [2.45, 2.75) is 38.3 Å². The van der Waals surface area contributed by atoms with Crippen molar-refractivity contribution < 1.29 is 9.66 Å². The molecule has 1 unspecified atom stereocenters. The minimum absolute atomic E-state index is 0.341. The third-order valence-corrected chi connectivity index (χ3v) is 2.27. The molecule has 0 spiro atoms. The second kappa shape index (κ2) is 5.59. The predicted octanol–water partition coefficient (Wildman–Crippen LogP) is 1.31. The number of nitrogens with zero attached hydrogens (tertiary/aromatic N) is 1. The maximum absolute atomic E-state index is 10.6. The smallest absolute Gasteiger partial charge is 0.231 e. The normalized spacial score (nSPS) is 13.4. The van der Waals surface area contributed by atoms with E-state index in [0.717, 1.165) is 0 Å². The number of rotatable bonds is 7. The highest BCUT2D eigenvalue weighted by molar-refractivity contribution is 4.81. The first-order valence-electron chi connectivity index (χ1n) is 4.55. The molecule has 0 aromatic rings. The van der Waals surface area contributed by atoms with Gasteiger partial charge in [0.1, 0.15) is 0 Å². The molecule has 0 heterocycles. The summed E-state index contributed by atoms with van der Waals surface area (Å²) in [5, 5.41) is 10.6. The van der Waals surface area contributed by atoms with Crippen molar-refractivity contribution in [3.05, 3.63) is 23.0 Å². The molecule has 0 radical (unpaired) electrons. The van der Waals surface area contributed by atoms with Crippen LogP contribution in [-0.4, -0.2) is 23.1 Å². The Hall–Kier alpha value is -1.10. The van der Waals surface area contributed by atoms with Crippen molar-refractivity contribution in [2.24, 2.45) is 5.73 Å². The molecular weight excluding hydrogens is 184 g/mol. The Morgan fingerprint density at radius 3 is 2.71 bits per heavy atom. The minimum atomic E-state index is -1.08. The molecule has 0 fully saturated rings. The molecule has 0 rings (SSSR count). The van der Waals surface area contributed by atoms with Gasteiger partial charge in [0.2, 0.25) is 5.54 Å². The van der Waals surface area contributed by atoms with Crippen LogP contribution in [0.2, 0.25) is 0 Å². The van der Waals surface area contributed by atoms with Crippen LogP contribution in [0.5, 0.6) is 0 Å². The molecule has 0 aliphatic heterocycles. The maximum Gasteiger partial charge on any atom is 0.231 e. The molecule has 5 heteroatoms. The lowest BCUT2D eigenvalue weighted by Crippen LogP contribution is -2.49. The Bertz CT molecular complexity index is 204. The van der Waals surface area contributed by atoms with E-state index < -0.39 is 11.6 Å². The molecule has 0 aromatic carbocycles. The third-order valence-electron chi connectivity index (χ3n) is 2.27. The fraction of sp³-hybridized carbons (Fsp3) is 0.778. The van der Waals surface area contributed by atoms with Gasteiger partial charge >= 0.3 is 0 Å². The molecule has 1 atom stereocenters. The summed E-state index contributed by atoms with van der Waals surface area (Å²) in [6, 6.07) is -0.453. The Morgan fingerprint density at radius 2 is 2.29 bits per heavy atom. The average molecular weight is 202 g/mol. The monoisotopic (exact) mass is 202 g/mol. The van der Waals surface area contributed by atoms with E-state index in [4.69, 9.17) is 10.5 Å². The molecule has 0 bridgehead atoms. The number of ether oxygens (including phenoxy) is 1. The highest BCUT2D eigenvalue weighted by Gasteiger charge is 2.37. The molecule has 0 saturated carbocycles. The average Bonchev–Trinajstić information content (AvgIpc) is 2.11. The molecule has 0 saturated heterocycles. The fourth-order valence-electron chi connectivity index (χ4n) is 0.959. The summed E-state index contributed by atoms with van der Waals surface area (Å²) in [4.78, 5) is 10.3. The zero-order valence-corrected chi connectivity index (χ0v) is 8.73. The van der Waals surface area contributed by atoms with Crippen molar-refractivity contribution >= 4 is 0 Å². The second-order valence-corrected chi connectivity index (χ2v) is 3.70. The topological polar surface area (TPSA) is 78.4 Å². The summed E-state index contributed by atoms with van der Waals surface area (Å²) in [6.07, 6.45) is 2.62. The molecule has 2 N–H and O–H groups in total. The van der Waals surface area contributed by atoms with E-state index in [1.54, 1.807) is 0 Å². The van der Waals surface area contributed by atoms with Gasteiger partial charge in [-0.2, -0.15) is 0 Å². The molecule has 0 aromatic heterocycles. The predicted molar refractivity (Wildman–Crippen MR) is 54.4 cm³/mol. The largest absolute Gasteiger partial charge is 0.502 e. The van der Waals surface area contributed by atoms with Gasteiger partial charge in [-0.15, -0.1) is 0 Å². The zero-order valence-electron chi connectivity index (χ0n) is 8.73. The second-order valence-electron chi connectivity index (χ2n) is 3.70. The molecule has 0 amide bonds. The van der Waals surface area contributed by atoms with Gasteiger partial charge < -0.3 is 10.5 Å². The van der Waals surface area contributed by atoms with Gasteiger partial charge in [-0.1, -0.05) is 6.58 Å². The lowest BCUT2D eigenvalue weighted by molar-refractivity contribution is -0.564. The summed E-state index contributed by atoms with van der Waals surface area (Å²) in [6.45, 7) is 6.97. The van der Waals surface area contributed by atoms with E-state index in [1.807, 2.05) is 0 Å². The summed E-state index contributed by atoms with van der Waals surface area (Å²) in [5.74, 6) is 0. The van der Waals surface area contributed by atoms with Crippen LogP contribution >= 0.6 is 0 Å². The van der Waals surface area contributed by atoms with Crippen LogP contribution in [0.3, 0.4) is 0 Å². The first-order valence-corrected chi connectivity index (χ1v) is 4.55. The molecule has 14 heavy (non-hydrogen) atoms. The van der Waals surface area contributed by atoms with Crippen LogP contribution in [0.4, 0.5) is 0 Å². The van der Waals surface area contributed by atoms with Crippen molar-refractivity contribution in [3.8, 4) is 0 Å². The van der Waals surface area contributed by atoms with Gasteiger partial charge in [0.05, 0.1) is 18.9 Å². The Morgan fingerprint density at radius 1 is 1.71 bits per heavy atom. The molecule has 82 valence electrons. The van der Waals surface area contributed by atoms with Crippen LogP contribution in [0, 0.1) is 10.1 Å². The van der Waals surface area contributed by atoms with E-state index in [0.29, 0.717) is 19.4 Å². The number of hydrogen-bond acceptors (Lipinski definition) is 4. The van der Waals surface area contributed by atoms with Crippen molar-refractivity contribution in [1.29, 1.82) is 0 Å². The minimum Gasteiger partial charge on any atom is -0.502 e. The third kappa shape index (κ3) is 3.74. The molecule has 0 aliphatic rings. The van der Waals surface area contributed by atoms with Gasteiger partial charge in [-0.05, 0) is 12.8 Å². The van der Waals surface area contributed by atoms with E-state index in [1.165, 1.54) is 20.1 Å². The van der Waals surface area contributed by atoms with Crippen LogP contribution in [0.1, 0.15) is 26.7 Å². The van der Waals surface area contributed by atoms with Crippen LogP contribution in [-0.2, 0) is 4.74 Å². The highest BCUT2D eigenvalue weighted by atomic mass is 16.6. The Labute approximate surface area is 84.1 Å². The van der Waals surface area contributed by atoms with Crippen molar-refractivity contribution in [3.63, 3.8) is 0 Å². The molecule has 0 aliphatic carbocycles. The summed E-state index contributed by atoms with van der Waals surface area (Å²) >= 11 is 0. The van der Waals surface area contributed by atoms with Crippen LogP contribution in [0.25, 0.3) is 0 Å². The standard InChI is InChI=1S/C9H18N2O3/c1-4-14-7-5-6-8(10)9(2,3)11(12)13/h4,8H,1,5-7,10H2,2-3H3. The van der Waals surface area contributed by atoms with E-state index in [9.17, 15) is 10.1 Å². The number of nitrogens with two attached hydrogens (primary N) is 1. The first-order chi connectivity index (χ1) is 6.42. The highest BCUT2D eigenvalue weighted by Crippen LogP contribution is 2.15. The summed E-state index contributed by atoms with van der Waals surface area (Å²) in [7, 11) is 0. The van der Waals surface area contributed by atoms with Gasteiger partial charge in [0, 0.05) is 18.8 Å². The number of nitro groups is 1.